The normalized spacial score (nSPS) is 12.2. The number of aromatic nitrogens is 1. The van der Waals surface area contributed by atoms with Gasteiger partial charge in [-0.15, -0.1) is 0 Å². The second-order valence-electron chi connectivity index (χ2n) is 4.81. The summed E-state index contributed by atoms with van der Waals surface area (Å²) in [6, 6.07) is 8.31. The molecule has 1 unspecified atom stereocenters. The number of nitrogens with one attached hydrogen (secondary N) is 1. The van der Waals surface area contributed by atoms with E-state index in [4.69, 9.17) is 16.3 Å². The van der Waals surface area contributed by atoms with Gasteiger partial charge in [-0.25, -0.2) is 0 Å². The van der Waals surface area contributed by atoms with Gasteiger partial charge < -0.3 is 10.1 Å². The van der Waals surface area contributed by atoms with Crippen molar-refractivity contribution in [2.24, 2.45) is 0 Å². The van der Waals surface area contributed by atoms with Crippen molar-refractivity contribution in [1.29, 1.82) is 0 Å². The molecule has 0 aliphatic carbocycles. The maximum Gasteiger partial charge on any atom is 0.124 e. The molecule has 3 nitrogen and oxygen atoms in total. The van der Waals surface area contributed by atoms with Crippen molar-refractivity contribution in [1.82, 2.24) is 10.3 Å². The van der Waals surface area contributed by atoms with Crippen molar-refractivity contribution in [3.8, 4) is 5.75 Å². The topological polar surface area (TPSA) is 34.1 Å². The summed E-state index contributed by atoms with van der Waals surface area (Å²) in [6.07, 6.45) is 3.35. The molecule has 2 aromatic rings. The van der Waals surface area contributed by atoms with Gasteiger partial charge in [0.2, 0.25) is 0 Å². The third-order valence-electron chi connectivity index (χ3n) is 3.30. The lowest BCUT2D eigenvalue weighted by Crippen LogP contribution is -2.14. The van der Waals surface area contributed by atoms with Crippen LogP contribution in [0.2, 0.25) is 5.02 Å². The van der Waals surface area contributed by atoms with E-state index < -0.39 is 0 Å². The Morgan fingerprint density at radius 2 is 2.15 bits per heavy atom. The van der Waals surface area contributed by atoms with E-state index in [1.165, 1.54) is 5.56 Å². The number of pyridine rings is 1. The molecule has 2 rings (SSSR count). The first-order valence-corrected chi connectivity index (χ1v) is 6.98. The predicted molar refractivity (Wildman–Crippen MR) is 82.2 cm³/mol. The molecular weight excluding hydrogens is 272 g/mol. The number of nitrogens with zero attached hydrogens (tertiary/aromatic N) is 1. The summed E-state index contributed by atoms with van der Waals surface area (Å²) in [5.74, 6) is 0.880. The number of halogens is 1. The molecule has 1 N–H and O–H groups in total. The molecule has 1 aromatic heterocycles. The first-order valence-electron chi connectivity index (χ1n) is 6.61. The van der Waals surface area contributed by atoms with Gasteiger partial charge in [-0.05, 0) is 33.0 Å². The molecule has 0 saturated heterocycles. The van der Waals surface area contributed by atoms with E-state index in [-0.39, 0.29) is 6.04 Å². The first-order chi connectivity index (χ1) is 9.61. The van der Waals surface area contributed by atoms with Crippen LogP contribution in [0.25, 0.3) is 0 Å². The van der Waals surface area contributed by atoms with Gasteiger partial charge >= 0.3 is 0 Å². The lowest BCUT2D eigenvalue weighted by Gasteiger charge is -2.17. The van der Waals surface area contributed by atoms with Crippen molar-refractivity contribution in [2.45, 2.75) is 26.5 Å². The zero-order chi connectivity index (χ0) is 14.5. The van der Waals surface area contributed by atoms with Crippen molar-refractivity contribution in [2.75, 3.05) is 7.05 Å². The second-order valence-corrected chi connectivity index (χ2v) is 5.21. The fourth-order valence-corrected chi connectivity index (χ4v) is 2.14. The number of benzene rings is 1. The Kier molecular flexibility index (Phi) is 4.99. The van der Waals surface area contributed by atoms with Gasteiger partial charge in [0.25, 0.3) is 0 Å². The van der Waals surface area contributed by atoms with Gasteiger partial charge in [0.1, 0.15) is 12.4 Å². The molecule has 4 heteroatoms. The van der Waals surface area contributed by atoms with Gasteiger partial charge in [-0.3, -0.25) is 4.98 Å². The summed E-state index contributed by atoms with van der Waals surface area (Å²) in [4.78, 5) is 3.97. The summed E-state index contributed by atoms with van der Waals surface area (Å²) >= 11 is 6.09. The van der Waals surface area contributed by atoms with Crippen LogP contribution >= 0.6 is 11.6 Å². The number of hydrogen-bond acceptors (Lipinski definition) is 3. The van der Waals surface area contributed by atoms with Gasteiger partial charge in [0, 0.05) is 29.6 Å². The minimum atomic E-state index is 0.234. The Morgan fingerprint density at radius 3 is 2.85 bits per heavy atom. The molecule has 20 heavy (non-hydrogen) atoms. The third kappa shape index (κ3) is 3.50. The van der Waals surface area contributed by atoms with E-state index in [1.54, 1.807) is 12.4 Å². The van der Waals surface area contributed by atoms with E-state index in [9.17, 15) is 0 Å². The molecule has 0 saturated carbocycles. The van der Waals surface area contributed by atoms with Gasteiger partial charge in [0.05, 0.1) is 5.02 Å². The van der Waals surface area contributed by atoms with Crippen LogP contribution in [0.1, 0.15) is 29.7 Å². The summed E-state index contributed by atoms with van der Waals surface area (Å²) in [5, 5.41) is 3.87. The van der Waals surface area contributed by atoms with Crippen molar-refractivity contribution >= 4 is 11.6 Å². The highest BCUT2D eigenvalue weighted by atomic mass is 35.5. The van der Waals surface area contributed by atoms with E-state index in [0.717, 1.165) is 16.9 Å². The van der Waals surface area contributed by atoms with Crippen LogP contribution in [0.4, 0.5) is 0 Å². The molecule has 0 fully saturated rings. The SMILES string of the molecule is CNC(C)c1cc(C)ccc1OCc1ccncc1Cl. The minimum Gasteiger partial charge on any atom is -0.489 e. The standard InChI is InChI=1S/C16H19ClN2O/c1-11-4-5-16(14(8-11)12(2)18-3)20-10-13-6-7-19-9-15(13)17/h4-9,12,18H,10H2,1-3H3. The highest BCUT2D eigenvalue weighted by Gasteiger charge is 2.11. The summed E-state index contributed by atoms with van der Waals surface area (Å²) in [6.45, 7) is 4.63. The molecule has 0 spiro atoms. The average Bonchev–Trinajstić information content (AvgIpc) is 2.46. The largest absolute Gasteiger partial charge is 0.489 e. The Balaban J connectivity index is 2.19. The fourth-order valence-electron chi connectivity index (χ4n) is 1.97. The van der Waals surface area contributed by atoms with E-state index in [1.807, 2.05) is 19.2 Å². The number of rotatable bonds is 5. The number of ether oxygens (including phenoxy) is 1. The fraction of sp³-hybridized carbons (Fsp3) is 0.312. The zero-order valence-corrected chi connectivity index (χ0v) is 12.7. The maximum atomic E-state index is 6.09. The molecule has 106 valence electrons. The maximum absolute atomic E-state index is 6.09. The molecule has 0 aliphatic heterocycles. The quantitative estimate of drug-likeness (QED) is 0.907. The summed E-state index contributed by atoms with van der Waals surface area (Å²) < 4.78 is 5.93. The van der Waals surface area contributed by atoms with Crippen LogP contribution in [0.15, 0.2) is 36.7 Å². The highest BCUT2D eigenvalue weighted by molar-refractivity contribution is 6.31. The summed E-state index contributed by atoms with van der Waals surface area (Å²) in [7, 11) is 1.94. The van der Waals surface area contributed by atoms with Gasteiger partial charge in [-0.2, -0.15) is 0 Å². The van der Waals surface area contributed by atoms with Crippen molar-refractivity contribution in [3.05, 3.63) is 58.4 Å². The Morgan fingerprint density at radius 1 is 1.35 bits per heavy atom. The molecule has 1 aromatic carbocycles. The molecule has 0 radical (unpaired) electrons. The first kappa shape index (κ1) is 14.8. The minimum absolute atomic E-state index is 0.234. The zero-order valence-electron chi connectivity index (χ0n) is 12.0. The second kappa shape index (κ2) is 6.73. The molecule has 1 atom stereocenters. The number of hydrogen-bond donors (Lipinski definition) is 1. The van der Waals surface area contributed by atoms with Crippen LogP contribution in [-0.4, -0.2) is 12.0 Å². The lowest BCUT2D eigenvalue weighted by atomic mass is 10.0. The van der Waals surface area contributed by atoms with E-state index >= 15 is 0 Å². The monoisotopic (exact) mass is 290 g/mol. The van der Waals surface area contributed by atoms with E-state index in [0.29, 0.717) is 11.6 Å². The average molecular weight is 291 g/mol. The van der Waals surface area contributed by atoms with E-state index in [2.05, 4.69) is 36.3 Å². The lowest BCUT2D eigenvalue weighted by molar-refractivity contribution is 0.300. The van der Waals surface area contributed by atoms with Crippen LogP contribution in [-0.2, 0) is 6.61 Å². The van der Waals surface area contributed by atoms with Gasteiger partial charge in [0.15, 0.2) is 0 Å². The molecule has 0 amide bonds. The van der Waals surface area contributed by atoms with Crippen molar-refractivity contribution in [3.63, 3.8) is 0 Å². The van der Waals surface area contributed by atoms with Crippen molar-refractivity contribution < 1.29 is 4.74 Å². The van der Waals surface area contributed by atoms with Crippen LogP contribution < -0.4 is 10.1 Å². The smallest absolute Gasteiger partial charge is 0.124 e. The van der Waals surface area contributed by atoms with Crippen LogP contribution in [0.3, 0.4) is 0 Å². The highest BCUT2D eigenvalue weighted by Crippen LogP contribution is 2.27. The Hall–Kier alpha value is -1.58. The molecular formula is C16H19ClN2O. The molecule has 1 heterocycles. The summed E-state index contributed by atoms with van der Waals surface area (Å²) in [5.41, 5.74) is 3.30. The molecule has 0 aliphatic rings. The number of aryl methyl sites for hydroxylation is 1. The third-order valence-corrected chi connectivity index (χ3v) is 3.64. The molecule has 0 bridgehead atoms. The Bertz CT molecular complexity index is 586. The van der Waals surface area contributed by atoms with Gasteiger partial charge in [-0.1, -0.05) is 29.3 Å². The predicted octanol–water partition coefficient (Wildman–Crippen LogP) is 3.90. The van der Waals surface area contributed by atoms with Crippen LogP contribution in [0, 0.1) is 6.92 Å². The Labute approximate surface area is 124 Å². The van der Waals surface area contributed by atoms with Crippen LogP contribution in [0.5, 0.6) is 5.75 Å².